The number of nitrogens with zero attached hydrogens (tertiary/aromatic N) is 2. The Balaban J connectivity index is 2.47. The zero-order valence-corrected chi connectivity index (χ0v) is 10.7. The monoisotopic (exact) mass is 301 g/mol. The van der Waals surface area contributed by atoms with Crippen LogP contribution in [0.25, 0.3) is 6.08 Å². The first-order valence-corrected chi connectivity index (χ1v) is 5.93. The summed E-state index contributed by atoms with van der Waals surface area (Å²) in [4.78, 5) is 15.3. The highest BCUT2D eigenvalue weighted by Gasteiger charge is 2.40. The van der Waals surface area contributed by atoms with E-state index in [1.807, 2.05) is 0 Å². The normalized spacial score (nSPS) is 27.8. The number of anilines is 1. The van der Waals surface area contributed by atoms with E-state index in [-0.39, 0.29) is 29.6 Å². The van der Waals surface area contributed by atoms with Crippen LogP contribution in [0.4, 0.5) is 14.6 Å². The Morgan fingerprint density at radius 1 is 1.52 bits per heavy atom. The van der Waals surface area contributed by atoms with E-state index in [0.29, 0.717) is 0 Å². The molecule has 1 fully saturated rings. The van der Waals surface area contributed by atoms with Gasteiger partial charge in [0.1, 0.15) is 18.0 Å². The second-order valence-electron chi connectivity index (χ2n) is 4.32. The van der Waals surface area contributed by atoms with E-state index in [2.05, 4.69) is 4.98 Å². The Kier molecular flexibility index (Phi) is 4.46. The van der Waals surface area contributed by atoms with Crippen LogP contribution in [0.2, 0.25) is 0 Å². The maximum Gasteiger partial charge on any atom is 0.351 e. The quantitative estimate of drug-likeness (QED) is 0.717. The highest BCUT2D eigenvalue weighted by Crippen LogP contribution is 2.32. The SMILES string of the molecule is Nc1nc(=O)n(C2OC(CO)/C(=C/F)C2O)cc1/C=C/F. The predicted octanol–water partition coefficient (Wildman–Crippen LogP) is -0.130. The molecule has 1 aliphatic heterocycles. The van der Waals surface area contributed by atoms with Gasteiger partial charge in [-0.3, -0.25) is 4.57 Å². The second kappa shape index (κ2) is 6.12. The number of hydrogen-bond acceptors (Lipinski definition) is 6. The maximum absolute atomic E-state index is 12.7. The molecule has 1 saturated heterocycles. The van der Waals surface area contributed by atoms with Crippen molar-refractivity contribution < 1.29 is 23.7 Å². The summed E-state index contributed by atoms with van der Waals surface area (Å²) in [5.41, 5.74) is 4.49. The zero-order chi connectivity index (χ0) is 15.6. The number of ether oxygens (including phenoxy) is 1. The van der Waals surface area contributed by atoms with Crippen molar-refractivity contribution in [2.24, 2.45) is 0 Å². The summed E-state index contributed by atoms with van der Waals surface area (Å²) in [5, 5.41) is 19.0. The molecule has 114 valence electrons. The number of halogens is 2. The predicted molar refractivity (Wildman–Crippen MR) is 69.2 cm³/mol. The van der Waals surface area contributed by atoms with Crippen LogP contribution in [0, 0.1) is 0 Å². The third kappa shape index (κ3) is 2.71. The Morgan fingerprint density at radius 2 is 2.24 bits per heavy atom. The molecule has 0 bridgehead atoms. The molecule has 3 unspecified atom stereocenters. The summed E-state index contributed by atoms with van der Waals surface area (Å²) in [6, 6.07) is 0. The Hall–Kier alpha value is -2.10. The van der Waals surface area contributed by atoms with Crippen molar-refractivity contribution in [1.29, 1.82) is 0 Å². The van der Waals surface area contributed by atoms with Crippen molar-refractivity contribution in [2.75, 3.05) is 12.3 Å². The van der Waals surface area contributed by atoms with E-state index in [9.17, 15) is 18.7 Å². The molecule has 0 amide bonds. The first kappa shape index (κ1) is 15.3. The number of aromatic nitrogens is 2. The Morgan fingerprint density at radius 3 is 2.76 bits per heavy atom. The largest absolute Gasteiger partial charge is 0.393 e. The van der Waals surface area contributed by atoms with Crippen LogP contribution in [0.1, 0.15) is 11.8 Å². The van der Waals surface area contributed by atoms with Crippen LogP contribution in [0.15, 0.2) is 29.2 Å². The van der Waals surface area contributed by atoms with E-state index in [4.69, 9.17) is 15.6 Å². The average Bonchev–Trinajstić information content (AvgIpc) is 2.78. The molecular weight excluding hydrogens is 288 g/mol. The fourth-order valence-corrected chi connectivity index (χ4v) is 2.05. The molecule has 4 N–H and O–H groups in total. The number of nitrogens with two attached hydrogens (primary N) is 1. The van der Waals surface area contributed by atoms with Crippen molar-refractivity contribution in [3.8, 4) is 0 Å². The van der Waals surface area contributed by atoms with Gasteiger partial charge in [0.2, 0.25) is 0 Å². The average molecular weight is 301 g/mol. The third-order valence-electron chi connectivity index (χ3n) is 3.11. The molecular formula is C12H13F2N3O4. The molecule has 1 aliphatic rings. The van der Waals surface area contributed by atoms with Gasteiger partial charge >= 0.3 is 5.69 Å². The Bertz CT molecular complexity index is 644. The van der Waals surface area contributed by atoms with E-state index < -0.39 is 30.7 Å². The lowest BCUT2D eigenvalue weighted by molar-refractivity contribution is -0.0527. The van der Waals surface area contributed by atoms with Gasteiger partial charge in [-0.05, 0) is 6.08 Å². The van der Waals surface area contributed by atoms with Crippen molar-refractivity contribution in [3.63, 3.8) is 0 Å². The van der Waals surface area contributed by atoms with Gasteiger partial charge in [-0.15, -0.1) is 0 Å². The van der Waals surface area contributed by atoms with Crippen LogP contribution >= 0.6 is 0 Å². The minimum absolute atomic E-state index is 0.0890. The van der Waals surface area contributed by atoms with Gasteiger partial charge in [-0.1, -0.05) is 0 Å². The number of aliphatic hydroxyl groups excluding tert-OH is 2. The van der Waals surface area contributed by atoms with Crippen molar-refractivity contribution in [2.45, 2.75) is 18.4 Å². The van der Waals surface area contributed by atoms with Crippen LogP contribution in [-0.2, 0) is 4.74 Å². The molecule has 0 aliphatic carbocycles. The molecule has 0 saturated carbocycles. The summed E-state index contributed by atoms with van der Waals surface area (Å²) in [6.45, 7) is -0.572. The lowest BCUT2D eigenvalue weighted by atomic mass is 10.1. The molecule has 3 atom stereocenters. The molecule has 1 aromatic rings. The van der Waals surface area contributed by atoms with Crippen molar-refractivity contribution in [1.82, 2.24) is 9.55 Å². The van der Waals surface area contributed by atoms with Gasteiger partial charge in [-0.25, -0.2) is 13.6 Å². The van der Waals surface area contributed by atoms with Crippen LogP contribution < -0.4 is 11.4 Å². The minimum Gasteiger partial charge on any atom is -0.393 e. The summed E-state index contributed by atoms with van der Waals surface area (Å²) >= 11 is 0. The van der Waals surface area contributed by atoms with E-state index in [1.165, 1.54) is 0 Å². The lowest BCUT2D eigenvalue weighted by Crippen LogP contribution is -2.32. The summed E-state index contributed by atoms with van der Waals surface area (Å²) < 4.78 is 31.1. The molecule has 9 heteroatoms. The summed E-state index contributed by atoms with van der Waals surface area (Å²) in [5.74, 6) is -0.197. The van der Waals surface area contributed by atoms with Gasteiger partial charge in [0, 0.05) is 17.3 Å². The highest BCUT2D eigenvalue weighted by atomic mass is 19.1. The number of rotatable bonds is 3. The van der Waals surface area contributed by atoms with Crippen LogP contribution in [0.5, 0.6) is 0 Å². The van der Waals surface area contributed by atoms with Crippen molar-refractivity contribution in [3.05, 3.63) is 40.5 Å². The van der Waals surface area contributed by atoms with Gasteiger partial charge < -0.3 is 20.7 Å². The molecule has 21 heavy (non-hydrogen) atoms. The maximum atomic E-state index is 12.7. The summed E-state index contributed by atoms with van der Waals surface area (Å²) in [6.07, 6.45) is -1.45. The third-order valence-corrected chi connectivity index (χ3v) is 3.11. The zero-order valence-electron chi connectivity index (χ0n) is 10.7. The number of hydrogen-bond donors (Lipinski definition) is 3. The molecule has 0 radical (unpaired) electrons. The number of aliphatic hydroxyl groups is 2. The standard InChI is InChI=1S/C12H13F2N3O4/c13-2-1-6-4-17(12(20)16-10(6)15)11-9(19)7(3-14)8(5-18)21-11/h1-4,8-9,11,18-19H,5H2,(H2,15,16,20)/b2-1+,7-3-. The Labute approximate surface area is 117 Å². The summed E-state index contributed by atoms with van der Waals surface area (Å²) in [7, 11) is 0. The van der Waals surface area contributed by atoms with Crippen LogP contribution in [-0.4, -0.2) is 38.6 Å². The van der Waals surface area contributed by atoms with E-state index in [0.717, 1.165) is 16.8 Å². The molecule has 1 aromatic heterocycles. The van der Waals surface area contributed by atoms with E-state index >= 15 is 0 Å². The topological polar surface area (TPSA) is 111 Å². The smallest absolute Gasteiger partial charge is 0.351 e. The second-order valence-corrected chi connectivity index (χ2v) is 4.32. The minimum atomic E-state index is -1.49. The van der Waals surface area contributed by atoms with Gasteiger partial charge in [0.25, 0.3) is 0 Å². The van der Waals surface area contributed by atoms with Crippen molar-refractivity contribution >= 4 is 11.9 Å². The highest BCUT2D eigenvalue weighted by molar-refractivity contribution is 5.58. The molecule has 2 heterocycles. The molecule has 0 spiro atoms. The fraction of sp³-hybridized carbons (Fsp3) is 0.333. The first-order chi connectivity index (χ1) is 10.0. The molecule has 2 rings (SSSR count). The van der Waals surface area contributed by atoms with Gasteiger partial charge in [0.15, 0.2) is 6.23 Å². The first-order valence-electron chi connectivity index (χ1n) is 5.93. The lowest BCUT2D eigenvalue weighted by Gasteiger charge is -2.17. The van der Waals surface area contributed by atoms with Crippen LogP contribution in [0.3, 0.4) is 0 Å². The van der Waals surface area contributed by atoms with E-state index in [1.54, 1.807) is 0 Å². The molecule has 0 aromatic carbocycles. The fourth-order valence-electron chi connectivity index (χ4n) is 2.05. The molecule has 7 nitrogen and oxygen atoms in total. The number of nitrogen functional groups attached to an aromatic ring is 1. The van der Waals surface area contributed by atoms with Gasteiger partial charge in [-0.2, -0.15) is 4.98 Å². The van der Waals surface area contributed by atoms with Gasteiger partial charge in [0.05, 0.1) is 19.3 Å².